The normalized spacial score (nSPS) is 11.4. The second-order valence-electron chi connectivity index (χ2n) is 8.50. The van der Waals surface area contributed by atoms with Crippen LogP contribution in [0.15, 0.2) is 54.6 Å². The average molecular weight is 482 g/mol. The smallest absolute Gasteiger partial charge is 0.410 e. The fraction of sp³-hybridized carbons (Fsp3) is 0.231. The SMILES string of the molecule is CC(C)c1cccc(C(C)C)c1NC(=O)Oc1ccc2nc(-c3c(Cl)cccc3Cl)[nH]c2c1. The monoisotopic (exact) mass is 481 g/mol. The molecule has 0 aliphatic heterocycles. The van der Waals surface area contributed by atoms with E-state index in [1.54, 1.807) is 36.4 Å². The standard InChI is InChI=1S/C26H25Cl2N3O2/c1-14(2)17-7-5-8-18(15(3)4)24(17)31-26(32)33-16-11-12-21-22(13-16)30-25(29-21)23-19(27)9-6-10-20(23)28/h5-15H,1-4H3,(H,29,30)(H,31,32). The number of hydrogen-bond acceptors (Lipinski definition) is 3. The van der Waals surface area contributed by atoms with Gasteiger partial charge in [-0.3, -0.25) is 5.32 Å². The number of rotatable bonds is 5. The molecule has 4 rings (SSSR count). The lowest BCUT2D eigenvalue weighted by molar-refractivity contribution is 0.215. The van der Waals surface area contributed by atoms with Crippen molar-refractivity contribution in [1.29, 1.82) is 0 Å². The number of benzene rings is 3. The second-order valence-corrected chi connectivity index (χ2v) is 9.31. The van der Waals surface area contributed by atoms with E-state index in [9.17, 15) is 4.79 Å². The Morgan fingerprint density at radius 1 is 0.939 bits per heavy atom. The molecule has 0 spiro atoms. The highest BCUT2D eigenvalue weighted by Crippen LogP contribution is 2.35. The van der Waals surface area contributed by atoms with Crippen LogP contribution in [0.5, 0.6) is 5.75 Å². The summed E-state index contributed by atoms with van der Waals surface area (Å²) in [5, 5.41) is 3.97. The zero-order chi connectivity index (χ0) is 23.7. The van der Waals surface area contributed by atoms with Crippen LogP contribution in [0, 0.1) is 0 Å². The molecule has 0 unspecified atom stereocenters. The van der Waals surface area contributed by atoms with Gasteiger partial charge in [-0.1, -0.05) is 75.2 Å². The van der Waals surface area contributed by atoms with Gasteiger partial charge < -0.3 is 9.72 Å². The quantitative estimate of drug-likeness (QED) is 0.300. The van der Waals surface area contributed by atoms with Crippen LogP contribution >= 0.6 is 23.2 Å². The summed E-state index contributed by atoms with van der Waals surface area (Å²) >= 11 is 12.6. The van der Waals surface area contributed by atoms with Gasteiger partial charge in [-0.15, -0.1) is 0 Å². The number of aromatic amines is 1. The van der Waals surface area contributed by atoms with Gasteiger partial charge in [0, 0.05) is 6.07 Å². The number of H-pyrrole nitrogens is 1. The van der Waals surface area contributed by atoms with Gasteiger partial charge in [-0.05, 0) is 47.2 Å². The van der Waals surface area contributed by atoms with Gasteiger partial charge >= 0.3 is 6.09 Å². The molecular weight excluding hydrogens is 457 g/mol. The lowest BCUT2D eigenvalue weighted by Gasteiger charge is -2.19. The number of para-hydroxylation sites is 1. The zero-order valence-electron chi connectivity index (χ0n) is 18.9. The number of nitrogens with zero attached hydrogens (tertiary/aromatic N) is 1. The molecule has 0 radical (unpaired) electrons. The first-order valence-electron chi connectivity index (χ1n) is 10.8. The predicted molar refractivity (Wildman–Crippen MR) is 136 cm³/mol. The van der Waals surface area contributed by atoms with Crippen LogP contribution in [0.2, 0.25) is 10.0 Å². The van der Waals surface area contributed by atoms with Gasteiger partial charge in [0.2, 0.25) is 0 Å². The molecule has 0 aliphatic rings. The van der Waals surface area contributed by atoms with Crippen LogP contribution in [-0.4, -0.2) is 16.1 Å². The van der Waals surface area contributed by atoms with E-state index >= 15 is 0 Å². The lowest BCUT2D eigenvalue weighted by Crippen LogP contribution is -2.19. The Morgan fingerprint density at radius 3 is 2.15 bits per heavy atom. The summed E-state index contributed by atoms with van der Waals surface area (Å²) in [6.07, 6.45) is -0.543. The number of imidazole rings is 1. The van der Waals surface area contributed by atoms with Crippen LogP contribution in [0.25, 0.3) is 22.4 Å². The van der Waals surface area contributed by atoms with Crippen LogP contribution < -0.4 is 10.1 Å². The molecule has 0 atom stereocenters. The number of nitrogens with one attached hydrogen (secondary N) is 2. The minimum atomic E-state index is -0.543. The fourth-order valence-electron chi connectivity index (χ4n) is 3.82. The van der Waals surface area contributed by atoms with Crippen molar-refractivity contribution in [3.63, 3.8) is 0 Å². The number of halogens is 2. The molecule has 33 heavy (non-hydrogen) atoms. The molecule has 0 saturated heterocycles. The third-order valence-electron chi connectivity index (χ3n) is 5.46. The van der Waals surface area contributed by atoms with Crippen molar-refractivity contribution in [3.8, 4) is 17.1 Å². The summed E-state index contributed by atoms with van der Waals surface area (Å²) in [6.45, 7) is 8.41. The van der Waals surface area contributed by atoms with Crippen LogP contribution in [0.3, 0.4) is 0 Å². The highest BCUT2D eigenvalue weighted by atomic mass is 35.5. The van der Waals surface area contributed by atoms with Crippen molar-refractivity contribution in [2.45, 2.75) is 39.5 Å². The maximum atomic E-state index is 12.8. The van der Waals surface area contributed by atoms with E-state index in [2.05, 4.69) is 43.0 Å². The van der Waals surface area contributed by atoms with Gasteiger partial charge in [0.05, 0.1) is 32.3 Å². The molecule has 3 aromatic carbocycles. The first-order chi connectivity index (χ1) is 15.7. The Bertz CT molecular complexity index is 1280. The lowest BCUT2D eigenvalue weighted by atomic mass is 9.93. The van der Waals surface area contributed by atoms with Gasteiger partial charge in [-0.2, -0.15) is 0 Å². The molecule has 1 aromatic heterocycles. The predicted octanol–water partition coefficient (Wildman–Crippen LogP) is 8.39. The number of anilines is 1. The van der Waals surface area contributed by atoms with E-state index in [1.807, 2.05) is 18.2 Å². The highest BCUT2D eigenvalue weighted by molar-refractivity contribution is 6.39. The Morgan fingerprint density at radius 2 is 1.55 bits per heavy atom. The third kappa shape index (κ3) is 4.85. The van der Waals surface area contributed by atoms with Gasteiger partial charge in [0.1, 0.15) is 11.6 Å². The van der Waals surface area contributed by atoms with Crippen LogP contribution in [0.4, 0.5) is 10.5 Å². The number of fused-ring (bicyclic) bond motifs is 1. The van der Waals surface area contributed by atoms with Gasteiger partial charge in [-0.25, -0.2) is 9.78 Å². The van der Waals surface area contributed by atoms with E-state index in [0.29, 0.717) is 38.2 Å². The zero-order valence-corrected chi connectivity index (χ0v) is 20.4. The Balaban J connectivity index is 1.60. The average Bonchev–Trinajstić information content (AvgIpc) is 3.16. The number of carbonyl (C=O) groups is 1. The van der Waals surface area contributed by atoms with Crippen molar-refractivity contribution in [3.05, 3.63) is 75.8 Å². The van der Waals surface area contributed by atoms with Crippen molar-refractivity contribution >= 4 is 46.0 Å². The molecule has 5 nitrogen and oxygen atoms in total. The van der Waals surface area contributed by atoms with E-state index in [-0.39, 0.29) is 11.8 Å². The number of amides is 1. The van der Waals surface area contributed by atoms with Crippen molar-refractivity contribution in [2.75, 3.05) is 5.32 Å². The maximum absolute atomic E-state index is 12.8. The summed E-state index contributed by atoms with van der Waals surface area (Å²) in [5.74, 6) is 1.47. The summed E-state index contributed by atoms with van der Waals surface area (Å²) in [6, 6.07) is 16.6. The highest BCUT2D eigenvalue weighted by Gasteiger charge is 2.18. The summed E-state index contributed by atoms with van der Waals surface area (Å²) in [4.78, 5) is 20.6. The minimum absolute atomic E-state index is 0.260. The molecular formula is C26H25Cl2N3O2. The van der Waals surface area contributed by atoms with E-state index in [0.717, 1.165) is 16.8 Å². The molecule has 170 valence electrons. The molecule has 0 saturated carbocycles. The topological polar surface area (TPSA) is 67.0 Å². The van der Waals surface area contributed by atoms with E-state index in [4.69, 9.17) is 27.9 Å². The molecule has 0 bridgehead atoms. The molecule has 1 heterocycles. The number of carbonyl (C=O) groups excluding carboxylic acids is 1. The van der Waals surface area contributed by atoms with Gasteiger partial charge in [0.15, 0.2) is 0 Å². The largest absolute Gasteiger partial charge is 0.417 e. The number of ether oxygens (including phenoxy) is 1. The van der Waals surface area contributed by atoms with E-state index in [1.165, 1.54) is 0 Å². The molecule has 1 amide bonds. The van der Waals surface area contributed by atoms with E-state index < -0.39 is 6.09 Å². The van der Waals surface area contributed by atoms with Crippen molar-refractivity contribution in [2.24, 2.45) is 0 Å². The van der Waals surface area contributed by atoms with Gasteiger partial charge in [0.25, 0.3) is 0 Å². The van der Waals surface area contributed by atoms with Crippen molar-refractivity contribution in [1.82, 2.24) is 9.97 Å². The fourth-order valence-corrected chi connectivity index (χ4v) is 4.40. The number of aromatic nitrogens is 2. The molecule has 2 N–H and O–H groups in total. The first-order valence-corrected chi connectivity index (χ1v) is 11.6. The minimum Gasteiger partial charge on any atom is -0.410 e. The maximum Gasteiger partial charge on any atom is 0.417 e. The molecule has 4 aromatic rings. The molecule has 0 fully saturated rings. The van der Waals surface area contributed by atoms with Crippen molar-refractivity contribution < 1.29 is 9.53 Å². The Kier molecular flexibility index (Phi) is 6.63. The van der Waals surface area contributed by atoms with Crippen LogP contribution in [-0.2, 0) is 0 Å². The summed E-state index contributed by atoms with van der Waals surface area (Å²) in [5.41, 5.74) is 5.00. The first kappa shape index (κ1) is 23.1. The summed E-state index contributed by atoms with van der Waals surface area (Å²) < 4.78 is 5.61. The van der Waals surface area contributed by atoms with Crippen LogP contribution in [0.1, 0.15) is 50.7 Å². The third-order valence-corrected chi connectivity index (χ3v) is 6.09. The summed E-state index contributed by atoms with van der Waals surface area (Å²) in [7, 11) is 0. The molecule has 0 aliphatic carbocycles. The number of hydrogen-bond donors (Lipinski definition) is 2. The molecule has 7 heteroatoms. The second kappa shape index (κ2) is 9.46. The Hall–Kier alpha value is -3.02. The Labute approximate surface area is 203 Å².